The minimum Gasteiger partial charge on any atom is -0.0622 e. The Morgan fingerprint density at radius 1 is 0.185 bits per heavy atom. The Bertz CT molecular complexity index is 3250. The van der Waals surface area contributed by atoms with E-state index in [2.05, 4.69) is 206 Å². The average molecular weight is 683 g/mol. The third-order valence-electron chi connectivity index (χ3n) is 11.4. The number of hydrogen-bond donors (Lipinski definition) is 0. The molecule has 11 rings (SSSR count). The van der Waals surface area contributed by atoms with Crippen LogP contribution in [0.3, 0.4) is 0 Å². The van der Waals surface area contributed by atoms with Gasteiger partial charge in [-0.05, 0) is 121 Å². The Labute approximate surface area is 314 Å². The SMILES string of the molecule is c1ccc(-c2c3ccccc3c(-c3cccc4ccccc34)c3cc(-c4cccc5c(-c6cc7ccccc7c7ccccc67)cccc45)ccc23)cc1. The minimum atomic E-state index is 1.21. The van der Waals surface area contributed by atoms with Gasteiger partial charge in [0.2, 0.25) is 0 Å². The molecular weight excluding hydrogens is 649 g/mol. The van der Waals surface area contributed by atoms with Crippen LogP contribution in [0.2, 0.25) is 0 Å². The van der Waals surface area contributed by atoms with Gasteiger partial charge in [0.15, 0.2) is 0 Å². The first-order valence-electron chi connectivity index (χ1n) is 18.8. The van der Waals surface area contributed by atoms with Crippen molar-refractivity contribution < 1.29 is 0 Å². The molecule has 0 amide bonds. The lowest BCUT2D eigenvalue weighted by Gasteiger charge is -2.20. The normalized spacial score (nSPS) is 11.7. The molecule has 54 heavy (non-hydrogen) atoms. The van der Waals surface area contributed by atoms with Crippen LogP contribution in [0.25, 0.3) is 109 Å². The van der Waals surface area contributed by atoms with Gasteiger partial charge in [0.1, 0.15) is 0 Å². The van der Waals surface area contributed by atoms with Gasteiger partial charge in [0.05, 0.1) is 0 Å². The molecule has 0 heteroatoms. The van der Waals surface area contributed by atoms with Crippen molar-refractivity contribution in [1.29, 1.82) is 0 Å². The monoisotopic (exact) mass is 682 g/mol. The summed E-state index contributed by atoms with van der Waals surface area (Å²) in [4.78, 5) is 0. The first kappa shape index (κ1) is 30.6. The maximum atomic E-state index is 2.46. The van der Waals surface area contributed by atoms with Crippen molar-refractivity contribution in [3.63, 3.8) is 0 Å². The van der Waals surface area contributed by atoms with Crippen molar-refractivity contribution >= 4 is 64.6 Å². The van der Waals surface area contributed by atoms with E-state index in [0.29, 0.717) is 0 Å². The van der Waals surface area contributed by atoms with Crippen LogP contribution < -0.4 is 0 Å². The highest BCUT2D eigenvalue weighted by atomic mass is 14.2. The fourth-order valence-corrected chi connectivity index (χ4v) is 9.07. The molecule has 250 valence electrons. The van der Waals surface area contributed by atoms with Gasteiger partial charge >= 0.3 is 0 Å². The fourth-order valence-electron chi connectivity index (χ4n) is 9.07. The predicted molar refractivity (Wildman–Crippen MR) is 233 cm³/mol. The first-order chi connectivity index (χ1) is 26.8. The highest BCUT2D eigenvalue weighted by Gasteiger charge is 2.20. The van der Waals surface area contributed by atoms with Crippen LogP contribution in [0.5, 0.6) is 0 Å². The molecule has 0 spiro atoms. The number of fused-ring (bicyclic) bond motifs is 7. The van der Waals surface area contributed by atoms with E-state index in [-0.39, 0.29) is 0 Å². The molecule has 11 aromatic rings. The zero-order valence-electron chi connectivity index (χ0n) is 29.6. The number of rotatable bonds is 4. The highest BCUT2D eigenvalue weighted by Crippen LogP contribution is 2.47. The summed E-state index contributed by atoms with van der Waals surface area (Å²) >= 11 is 0. The summed E-state index contributed by atoms with van der Waals surface area (Å²) in [6.45, 7) is 0. The molecule has 0 N–H and O–H groups in total. The summed E-state index contributed by atoms with van der Waals surface area (Å²) in [6.07, 6.45) is 0. The second-order valence-electron chi connectivity index (χ2n) is 14.3. The maximum absolute atomic E-state index is 2.46. The van der Waals surface area contributed by atoms with E-state index < -0.39 is 0 Å². The van der Waals surface area contributed by atoms with Gasteiger partial charge in [0, 0.05) is 0 Å². The van der Waals surface area contributed by atoms with Crippen LogP contribution in [-0.2, 0) is 0 Å². The zero-order valence-corrected chi connectivity index (χ0v) is 29.6. The van der Waals surface area contributed by atoms with Crippen LogP contribution in [-0.4, -0.2) is 0 Å². The van der Waals surface area contributed by atoms with Gasteiger partial charge < -0.3 is 0 Å². The van der Waals surface area contributed by atoms with Crippen LogP contribution in [0, 0.1) is 0 Å². The summed E-state index contributed by atoms with van der Waals surface area (Å²) in [6, 6.07) is 76.1. The van der Waals surface area contributed by atoms with Crippen molar-refractivity contribution in [1.82, 2.24) is 0 Å². The Morgan fingerprint density at radius 2 is 0.685 bits per heavy atom. The summed E-state index contributed by atoms with van der Waals surface area (Å²) in [5.74, 6) is 0. The van der Waals surface area contributed by atoms with Crippen molar-refractivity contribution in [3.05, 3.63) is 206 Å². The standard InChI is InChI=1S/C54H34/c1-2-16-36(17-3-1)53-48-24-10-11-25-49(48)54(47-30-12-19-35-15-4-6-20-39(35)47)52-34-38(31-32-50(52)53)41-26-13-28-44-43(41)27-14-29-46(44)51-33-37-18-5-7-21-40(37)42-22-8-9-23-45(42)51/h1-34H. The van der Waals surface area contributed by atoms with Gasteiger partial charge in [-0.1, -0.05) is 194 Å². The Hall–Kier alpha value is -7.02. The lowest BCUT2D eigenvalue weighted by Crippen LogP contribution is -1.93. The molecule has 0 aliphatic carbocycles. The van der Waals surface area contributed by atoms with Gasteiger partial charge in [0.25, 0.3) is 0 Å². The smallest absolute Gasteiger partial charge is 0.00199 e. The molecule has 0 fully saturated rings. The van der Waals surface area contributed by atoms with Gasteiger partial charge in [-0.2, -0.15) is 0 Å². The molecule has 0 saturated heterocycles. The Morgan fingerprint density at radius 3 is 1.48 bits per heavy atom. The summed E-state index contributed by atoms with van der Waals surface area (Å²) in [5.41, 5.74) is 10.0. The Balaban J connectivity index is 1.21. The second-order valence-corrected chi connectivity index (χ2v) is 14.3. The molecule has 11 aromatic carbocycles. The molecular formula is C54H34. The van der Waals surface area contributed by atoms with Gasteiger partial charge in [-0.3, -0.25) is 0 Å². The average Bonchev–Trinajstić information content (AvgIpc) is 3.25. The fraction of sp³-hybridized carbons (Fsp3) is 0. The third-order valence-corrected chi connectivity index (χ3v) is 11.4. The lowest BCUT2D eigenvalue weighted by molar-refractivity contribution is 1.65. The van der Waals surface area contributed by atoms with E-state index in [9.17, 15) is 0 Å². The minimum absolute atomic E-state index is 1.21. The van der Waals surface area contributed by atoms with E-state index >= 15 is 0 Å². The molecule has 0 heterocycles. The van der Waals surface area contributed by atoms with E-state index in [1.54, 1.807) is 0 Å². The molecule has 0 bridgehead atoms. The van der Waals surface area contributed by atoms with Crippen LogP contribution in [0.4, 0.5) is 0 Å². The molecule has 0 radical (unpaired) electrons. The summed E-state index contributed by atoms with van der Waals surface area (Å²) in [7, 11) is 0. The van der Waals surface area contributed by atoms with Gasteiger partial charge in [-0.25, -0.2) is 0 Å². The van der Waals surface area contributed by atoms with Crippen molar-refractivity contribution in [2.75, 3.05) is 0 Å². The number of benzene rings is 11. The molecule has 0 nitrogen and oxygen atoms in total. The van der Waals surface area contributed by atoms with E-state index in [1.165, 1.54) is 109 Å². The van der Waals surface area contributed by atoms with Crippen molar-refractivity contribution in [2.45, 2.75) is 0 Å². The van der Waals surface area contributed by atoms with Crippen LogP contribution in [0.15, 0.2) is 206 Å². The largest absolute Gasteiger partial charge is 0.0622 e. The zero-order chi connectivity index (χ0) is 35.6. The third kappa shape index (κ3) is 4.71. The summed E-state index contributed by atoms with van der Waals surface area (Å²) in [5, 5.41) is 15.2. The quantitative estimate of drug-likeness (QED) is 0.128. The number of hydrogen-bond acceptors (Lipinski definition) is 0. The topological polar surface area (TPSA) is 0 Å². The highest BCUT2D eigenvalue weighted by molar-refractivity contribution is 6.24. The van der Waals surface area contributed by atoms with Crippen LogP contribution >= 0.6 is 0 Å². The van der Waals surface area contributed by atoms with Crippen molar-refractivity contribution in [2.24, 2.45) is 0 Å². The molecule has 0 atom stereocenters. The lowest BCUT2D eigenvalue weighted by atomic mass is 9.83. The molecule has 0 aromatic heterocycles. The molecule has 0 unspecified atom stereocenters. The summed E-state index contributed by atoms with van der Waals surface area (Å²) < 4.78 is 0. The van der Waals surface area contributed by atoms with E-state index in [0.717, 1.165) is 0 Å². The van der Waals surface area contributed by atoms with E-state index in [1.807, 2.05) is 0 Å². The molecule has 0 aliphatic heterocycles. The first-order valence-corrected chi connectivity index (χ1v) is 18.8. The van der Waals surface area contributed by atoms with Gasteiger partial charge in [-0.15, -0.1) is 0 Å². The van der Waals surface area contributed by atoms with Crippen molar-refractivity contribution in [3.8, 4) is 44.5 Å². The predicted octanol–water partition coefficient (Wildman–Crippen LogP) is 15.3. The Kier molecular flexibility index (Phi) is 6.97. The second kappa shape index (κ2) is 12.3. The maximum Gasteiger partial charge on any atom is -0.00199 e. The van der Waals surface area contributed by atoms with E-state index in [4.69, 9.17) is 0 Å². The molecule has 0 aliphatic rings. The van der Waals surface area contributed by atoms with Crippen LogP contribution in [0.1, 0.15) is 0 Å². The molecule has 0 saturated carbocycles.